The fourth-order valence-corrected chi connectivity index (χ4v) is 6.73. The number of aromatic nitrogens is 2. The lowest BCUT2D eigenvalue weighted by Gasteiger charge is -2.45. The Labute approximate surface area is 180 Å². The Morgan fingerprint density at radius 1 is 1.38 bits per heavy atom. The number of aliphatic carboxylic acids is 1. The second-order valence-corrected chi connectivity index (χ2v) is 9.60. The zero-order valence-electron chi connectivity index (χ0n) is 15.3. The number of thiol groups is 1. The number of β-lactam (4-membered cyclic amide) rings is 1. The van der Waals surface area contributed by atoms with E-state index in [1.54, 1.807) is 0 Å². The maximum atomic E-state index is 12.5. The van der Waals surface area contributed by atoms with Crippen molar-refractivity contribution in [2.24, 2.45) is 5.92 Å². The summed E-state index contributed by atoms with van der Waals surface area (Å²) in [5.41, 5.74) is 0.795. The van der Waals surface area contributed by atoms with Crippen LogP contribution < -0.4 is 0 Å². The third-order valence-electron chi connectivity index (χ3n) is 4.87. The largest absolute Gasteiger partial charge is 0.474 e. The lowest BCUT2D eigenvalue weighted by Crippen LogP contribution is -2.68. The van der Waals surface area contributed by atoms with Crippen LogP contribution in [0.5, 0.6) is 0 Å². The number of allylic oxidation sites excluding steroid dienone is 1. The van der Waals surface area contributed by atoms with Crippen LogP contribution in [-0.4, -0.2) is 53.4 Å². The van der Waals surface area contributed by atoms with Gasteiger partial charge in [0.25, 0.3) is 5.22 Å². The normalized spacial score (nSPS) is 26.9. The number of thioether (sulfide) groups is 2. The standard InChI is InChI=1S/C18H17N3O5S3/c1-9(22)12-15(23)21(27)13(17(24)25)11(29-16(12)21)7-8-28-18-20-19-14(26-18)10-5-3-2-4-6-10/h2-6,9,12,16,22,27H,7-8H2,1H3/p+1/t9-,12+,16-,21?/m1/s1. The molecule has 2 aliphatic heterocycles. The number of amides is 1. The van der Waals surface area contributed by atoms with Crippen molar-refractivity contribution >= 4 is 48.2 Å². The van der Waals surface area contributed by atoms with Crippen molar-refractivity contribution < 1.29 is 28.1 Å². The summed E-state index contributed by atoms with van der Waals surface area (Å²) in [7, 11) is 0. The van der Waals surface area contributed by atoms with Crippen LogP contribution in [-0.2, 0) is 9.59 Å². The lowest BCUT2D eigenvalue weighted by molar-refractivity contribution is -0.722. The molecule has 1 amide bonds. The molecule has 2 aliphatic rings. The maximum Gasteiger partial charge on any atom is 0.392 e. The second kappa shape index (κ2) is 7.80. The first-order valence-electron chi connectivity index (χ1n) is 8.83. The van der Waals surface area contributed by atoms with Crippen molar-refractivity contribution in [2.45, 2.75) is 30.0 Å². The molecule has 0 radical (unpaired) electrons. The molecule has 1 saturated heterocycles. The number of nitrogens with zero attached hydrogens (tertiary/aromatic N) is 3. The number of fused-ring (bicyclic) bond motifs is 1. The number of carboxylic acids is 1. The molecule has 2 aromatic rings. The Balaban J connectivity index is 1.45. The first kappa shape index (κ1) is 20.5. The van der Waals surface area contributed by atoms with E-state index in [9.17, 15) is 19.8 Å². The zero-order chi connectivity index (χ0) is 20.8. The van der Waals surface area contributed by atoms with Gasteiger partial charge in [-0.2, -0.15) is 0 Å². The van der Waals surface area contributed by atoms with Gasteiger partial charge in [-0.25, -0.2) is 9.59 Å². The zero-order valence-corrected chi connectivity index (χ0v) is 17.8. The highest BCUT2D eigenvalue weighted by Crippen LogP contribution is 2.59. The molecule has 0 aliphatic carbocycles. The molecule has 11 heteroatoms. The molecule has 1 aromatic carbocycles. The molecule has 4 atom stereocenters. The molecule has 0 spiro atoms. The molecular formula is C18H18N3O5S3+. The molecule has 1 unspecified atom stereocenters. The number of aliphatic hydroxyl groups excluding tert-OH is 1. The van der Waals surface area contributed by atoms with Gasteiger partial charge in [0.2, 0.25) is 11.6 Å². The first-order chi connectivity index (χ1) is 13.8. The number of carboxylic acid groups (broad SMARTS) is 1. The summed E-state index contributed by atoms with van der Waals surface area (Å²) in [5.74, 6) is -1.25. The van der Waals surface area contributed by atoms with Crippen molar-refractivity contribution in [3.8, 4) is 11.5 Å². The van der Waals surface area contributed by atoms with Gasteiger partial charge in [-0.1, -0.05) is 41.7 Å². The highest BCUT2D eigenvalue weighted by molar-refractivity contribution is 8.04. The fraction of sp³-hybridized carbons (Fsp3) is 0.333. The number of hydrogen-bond acceptors (Lipinski definition) is 9. The maximum absolute atomic E-state index is 12.5. The van der Waals surface area contributed by atoms with Crippen molar-refractivity contribution in [3.05, 3.63) is 40.9 Å². The number of carbonyl (C=O) groups excluding carboxylic acids is 1. The molecule has 0 bridgehead atoms. The minimum atomic E-state index is -1.17. The number of benzene rings is 1. The van der Waals surface area contributed by atoms with Crippen LogP contribution in [0.3, 0.4) is 0 Å². The number of quaternary nitrogens is 1. The molecule has 4 rings (SSSR count). The van der Waals surface area contributed by atoms with Crippen LogP contribution in [0.1, 0.15) is 13.3 Å². The highest BCUT2D eigenvalue weighted by atomic mass is 32.2. The van der Waals surface area contributed by atoms with Crippen LogP contribution in [0.4, 0.5) is 0 Å². The number of carbonyl (C=O) groups is 2. The van der Waals surface area contributed by atoms with E-state index in [0.29, 0.717) is 28.2 Å². The number of aliphatic hydroxyl groups is 1. The average molecular weight is 453 g/mol. The van der Waals surface area contributed by atoms with Crippen molar-refractivity contribution in [1.82, 2.24) is 10.2 Å². The molecule has 152 valence electrons. The summed E-state index contributed by atoms with van der Waals surface area (Å²) in [4.78, 5) is 24.9. The predicted octanol–water partition coefficient (Wildman–Crippen LogP) is 2.79. The van der Waals surface area contributed by atoms with Gasteiger partial charge in [0, 0.05) is 11.3 Å². The van der Waals surface area contributed by atoms with Crippen molar-refractivity contribution in [2.75, 3.05) is 5.75 Å². The van der Waals surface area contributed by atoms with Gasteiger partial charge in [-0.3, -0.25) is 0 Å². The Bertz CT molecular complexity index is 994. The molecule has 2 N–H and O–H groups in total. The summed E-state index contributed by atoms with van der Waals surface area (Å²) in [6.45, 7) is 1.54. The second-order valence-electron chi connectivity index (χ2n) is 6.71. The summed E-state index contributed by atoms with van der Waals surface area (Å²) < 4.78 is 5.08. The molecule has 8 nitrogen and oxygen atoms in total. The fourth-order valence-electron chi connectivity index (χ4n) is 3.49. The minimum absolute atomic E-state index is 0.0265. The van der Waals surface area contributed by atoms with E-state index in [1.807, 2.05) is 30.3 Å². The monoisotopic (exact) mass is 452 g/mol. The van der Waals surface area contributed by atoms with Gasteiger partial charge in [0.1, 0.15) is 0 Å². The SMILES string of the molecule is C[C@@H](O)[C@H]1C(=O)[N+]2(S)C(C(=O)O)=C(CCSc3nnc(-c4ccccc4)o3)S[C@H]12. The van der Waals surface area contributed by atoms with Crippen LogP contribution >= 0.6 is 36.3 Å². The third kappa shape index (κ3) is 3.40. The van der Waals surface area contributed by atoms with Crippen LogP contribution in [0, 0.1) is 5.92 Å². The van der Waals surface area contributed by atoms with Crippen molar-refractivity contribution in [3.63, 3.8) is 0 Å². The quantitative estimate of drug-likeness (QED) is 0.252. The van der Waals surface area contributed by atoms with E-state index in [0.717, 1.165) is 5.56 Å². The average Bonchev–Trinajstić information content (AvgIpc) is 3.25. The molecule has 0 saturated carbocycles. The van der Waals surface area contributed by atoms with Crippen LogP contribution in [0.25, 0.3) is 11.5 Å². The summed E-state index contributed by atoms with van der Waals surface area (Å²) in [6, 6.07) is 9.40. The Morgan fingerprint density at radius 3 is 2.76 bits per heavy atom. The summed E-state index contributed by atoms with van der Waals surface area (Å²) in [5, 5.41) is 27.5. The van der Waals surface area contributed by atoms with E-state index < -0.39 is 27.3 Å². The Kier molecular flexibility index (Phi) is 5.51. The minimum Gasteiger partial charge on any atom is -0.474 e. The third-order valence-corrected chi connectivity index (χ3v) is 8.02. The van der Waals surface area contributed by atoms with Gasteiger partial charge in [0.15, 0.2) is 11.3 Å². The van der Waals surface area contributed by atoms with E-state index in [4.69, 9.17) is 4.42 Å². The van der Waals surface area contributed by atoms with E-state index in [2.05, 4.69) is 23.0 Å². The first-order valence-corrected chi connectivity index (χ1v) is 11.1. The molecule has 1 aromatic heterocycles. The summed E-state index contributed by atoms with van der Waals surface area (Å²) >= 11 is 7.00. The van der Waals surface area contributed by atoms with Gasteiger partial charge in [-0.15, -0.1) is 14.1 Å². The van der Waals surface area contributed by atoms with Crippen LogP contribution in [0.2, 0.25) is 0 Å². The molecular weight excluding hydrogens is 434 g/mol. The van der Waals surface area contributed by atoms with Gasteiger partial charge in [-0.05, 0) is 25.5 Å². The van der Waals surface area contributed by atoms with E-state index >= 15 is 0 Å². The van der Waals surface area contributed by atoms with Gasteiger partial charge >= 0.3 is 11.9 Å². The summed E-state index contributed by atoms with van der Waals surface area (Å²) in [6.07, 6.45) is -0.436. The highest BCUT2D eigenvalue weighted by Gasteiger charge is 2.72. The molecule has 3 heterocycles. The van der Waals surface area contributed by atoms with E-state index in [1.165, 1.54) is 30.4 Å². The number of rotatable bonds is 7. The van der Waals surface area contributed by atoms with Crippen molar-refractivity contribution in [1.29, 1.82) is 0 Å². The predicted molar refractivity (Wildman–Crippen MR) is 111 cm³/mol. The van der Waals surface area contributed by atoms with E-state index in [-0.39, 0.29) is 11.6 Å². The smallest absolute Gasteiger partial charge is 0.392 e. The Hall–Kier alpha value is -1.79. The lowest BCUT2D eigenvalue weighted by atomic mass is 9.92. The number of hydrogen-bond donors (Lipinski definition) is 3. The molecule has 1 fully saturated rings. The molecule has 29 heavy (non-hydrogen) atoms. The Morgan fingerprint density at radius 2 is 2.10 bits per heavy atom. The topological polar surface area (TPSA) is 114 Å². The van der Waals surface area contributed by atoms with Gasteiger partial charge in [0.05, 0.1) is 23.8 Å². The van der Waals surface area contributed by atoms with Gasteiger partial charge < -0.3 is 14.6 Å². The van der Waals surface area contributed by atoms with Crippen LogP contribution in [0.15, 0.2) is 50.6 Å².